The molecule has 0 fully saturated rings. The molecule has 0 unspecified atom stereocenters. The molecule has 0 saturated heterocycles. The number of aliphatic hydroxyl groups excluding tert-OH is 1. The second kappa shape index (κ2) is 7.46. The zero-order valence-corrected chi connectivity index (χ0v) is 10.1. The minimum absolute atomic E-state index is 0.302. The van der Waals surface area contributed by atoms with Gasteiger partial charge in [0.15, 0.2) is 0 Å². The SMILES string of the molecule is CCOC(=O)[C@H](CC=C(C)C)[C@H](O)CC. The number of hydrogen-bond donors (Lipinski definition) is 1. The maximum Gasteiger partial charge on any atom is 0.311 e. The van der Waals surface area contributed by atoms with Crippen LogP contribution in [-0.4, -0.2) is 23.8 Å². The Hall–Kier alpha value is -0.830. The topological polar surface area (TPSA) is 46.5 Å². The first-order chi connectivity index (χ1) is 7.02. The predicted molar refractivity (Wildman–Crippen MR) is 60.5 cm³/mol. The van der Waals surface area contributed by atoms with Gasteiger partial charge in [0.1, 0.15) is 0 Å². The summed E-state index contributed by atoms with van der Waals surface area (Å²) in [5.41, 5.74) is 1.15. The molecule has 0 aromatic heterocycles. The van der Waals surface area contributed by atoms with Crippen LogP contribution in [-0.2, 0) is 9.53 Å². The summed E-state index contributed by atoms with van der Waals surface area (Å²) in [6.45, 7) is 7.94. The Morgan fingerprint density at radius 1 is 1.40 bits per heavy atom. The van der Waals surface area contributed by atoms with Crippen LogP contribution in [0.5, 0.6) is 0 Å². The highest BCUT2D eigenvalue weighted by Crippen LogP contribution is 2.16. The Kier molecular flexibility index (Phi) is 7.05. The van der Waals surface area contributed by atoms with Crippen molar-refractivity contribution < 1.29 is 14.6 Å². The van der Waals surface area contributed by atoms with E-state index in [1.54, 1.807) is 6.92 Å². The van der Waals surface area contributed by atoms with Gasteiger partial charge in [-0.25, -0.2) is 0 Å². The summed E-state index contributed by atoms with van der Waals surface area (Å²) in [6, 6.07) is 0. The van der Waals surface area contributed by atoms with Gasteiger partial charge in [-0.3, -0.25) is 4.79 Å². The van der Waals surface area contributed by atoms with Crippen molar-refractivity contribution in [1.82, 2.24) is 0 Å². The summed E-state index contributed by atoms with van der Waals surface area (Å²) in [7, 11) is 0. The van der Waals surface area contributed by atoms with Gasteiger partial charge in [-0.05, 0) is 33.6 Å². The third kappa shape index (κ3) is 5.57. The van der Waals surface area contributed by atoms with E-state index >= 15 is 0 Å². The first-order valence-electron chi connectivity index (χ1n) is 5.50. The normalized spacial score (nSPS) is 14.2. The number of carbonyl (C=O) groups is 1. The molecule has 0 aromatic carbocycles. The molecule has 0 radical (unpaired) electrons. The highest BCUT2D eigenvalue weighted by atomic mass is 16.5. The fourth-order valence-corrected chi connectivity index (χ4v) is 1.31. The van der Waals surface area contributed by atoms with Crippen LogP contribution in [0.25, 0.3) is 0 Å². The molecule has 0 bridgehead atoms. The van der Waals surface area contributed by atoms with E-state index in [0.29, 0.717) is 19.4 Å². The van der Waals surface area contributed by atoms with E-state index in [9.17, 15) is 9.90 Å². The van der Waals surface area contributed by atoms with Crippen LogP contribution < -0.4 is 0 Å². The zero-order chi connectivity index (χ0) is 11.8. The average molecular weight is 214 g/mol. The van der Waals surface area contributed by atoms with Gasteiger partial charge in [0.25, 0.3) is 0 Å². The van der Waals surface area contributed by atoms with Crippen molar-refractivity contribution in [3.8, 4) is 0 Å². The lowest BCUT2D eigenvalue weighted by atomic mass is 9.96. The summed E-state index contributed by atoms with van der Waals surface area (Å²) >= 11 is 0. The van der Waals surface area contributed by atoms with E-state index < -0.39 is 12.0 Å². The van der Waals surface area contributed by atoms with Crippen molar-refractivity contribution >= 4 is 5.97 Å². The van der Waals surface area contributed by atoms with Crippen LogP contribution in [0.2, 0.25) is 0 Å². The Morgan fingerprint density at radius 3 is 2.40 bits per heavy atom. The molecule has 0 heterocycles. The minimum Gasteiger partial charge on any atom is -0.466 e. The van der Waals surface area contributed by atoms with Gasteiger partial charge in [0.2, 0.25) is 0 Å². The zero-order valence-electron chi connectivity index (χ0n) is 10.1. The molecule has 0 rings (SSSR count). The van der Waals surface area contributed by atoms with Crippen LogP contribution in [0, 0.1) is 5.92 Å². The summed E-state index contributed by atoms with van der Waals surface area (Å²) in [6.07, 6.45) is 2.47. The third-order valence-electron chi connectivity index (χ3n) is 2.25. The number of ether oxygens (including phenoxy) is 1. The van der Waals surface area contributed by atoms with Crippen molar-refractivity contribution in [1.29, 1.82) is 0 Å². The first-order valence-corrected chi connectivity index (χ1v) is 5.50. The van der Waals surface area contributed by atoms with Crippen molar-refractivity contribution in [2.24, 2.45) is 5.92 Å². The first kappa shape index (κ1) is 14.2. The van der Waals surface area contributed by atoms with Crippen LogP contribution >= 0.6 is 0 Å². The van der Waals surface area contributed by atoms with Gasteiger partial charge >= 0.3 is 5.97 Å². The second-order valence-corrected chi connectivity index (χ2v) is 3.85. The lowest BCUT2D eigenvalue weighted by Gasteiger charge is -2.18. The summed E-state index contributed by atoms with van der Waals surface area (Å²) in [4.78, 5) is 11.5. The number of carbonyl (C=O) groups excluding carboxylic acids is 1. The number of hydrogen-bond acceptors (Lipinski definition) is 3. The van der Waals surface area contributed by atoms with E-state index in [1.165, 1.54) is 0 Å². The monoisotopic (exact) mass is 214 g/mol. The Labute approximate surface area is 92.1 Å². The Bertz CT molecular complexity index is 217. The highest BCUT2D eigenvalue weighted by Gasteiger charge is 2.25. The number of allylic oxidation sites excluding steroid dienone is 2. The highest BCUT2D eigenvalue weighted by molar-refractivity contribution is 5.73. The molecular weight excluding hydrogens is 192 g/mol. The van der Waals surface area contributed by atoms with Crippen LogP contribution in [0.1, 0.15) is 40.5 Å². The number of rotatable bonds is 6. The largest absolute Gasteiger partial charge is 0.466 e. The molecule has 3 nitrogen and oxygen atoms in total. The van der Waals surface area contributed by atoms with Crippen molar-refractivity contribution in [3.05, 3.63) is 11.6 Å². The van der Waals surface area contributed by atoms with Crippen LogP contribution in [0.4, 0.5) is 0 Å². The van der Waals surface area contributed by atoms with Crippen molar-refractivity contribution in [2.75, 3.05) is 6.61 Å². The fraction of sp³-hybridized carbons (Fsp3) is 0.750. The molecule has 0 amide bonds. The van der Waals surface area contributed by atoms with Crippen molar-refractivity contribution in [3.63, 3.8) is 0 Å². The van der Waals surface area contributed by atoms with E-state index in [1.807, 2.05) is 26.8 Å². The molecule has 1 N–H and O–H groups in total. The molecule has 2 atom stereocenters. The van der Waals surface area contributed by atoms with Gasteiger partial charge < -0.3 is 9.84 Å². The van der Waals surface area contributed by atoms with Gasteiger partial charge in [-0.15, -0.1) is 0 Å². The lowest BCUT2D eigenvalue weighted by Crippen LogP contribution is -2.29. The number of aliphatic hydroxyl groups is 1. The predicted octanol–water partition coefficient (Wildman–Crippen LogP) is 2.29. The fourth-order valence-electron chi connectivity index (χ4n) is 1.31. The average Bonchev–Trinajstić information content (AvgIpc) is 2.17. The quantitative estimate of drug-likeness (QED) is 0.545. The molecule has 0 aliphatic rings. The Morgan fingerprint density at radius 2 is 2.00 bits per heavy atom. The minimum atomic E-state index is -0.611. The van der Waals surface area contributed by atoms with E-state index in [2.05, 4.69) is 0 Å². The van der Waals surface area contributed by atoms with Crippen LogP contribution in [0.15, 0.2) is 11.6 Å². The molecule has 15 heavy (non-hydrogen) atoms. The van der Waals surface area contributed by atoms with E-state index in [4.69, 9.17) is 4.74 Å². The lowest BCUT2D eigenvalue weighted by molar-refractivity contribution is -0.151. The molecule has 0 aliphatic heterocycles. The maximum atomic E-state index is 11.5. The number of esters is 1. The smallest absolute Gasteiger partial charge is 0.311 e. The van der Waals surface area contributed by atoms with Gasteiger partial charge in [0, 0.05) is 0 Å². The third-order valence-corrected chi connectivity index (χ3v) is 2.25. The molecule has 0 aromatic rings. The molecule has 0 aliphatic carbocycles. The van der Waals surface area contributed by atoms with Crippen molar-refractivity contribution in [2.45, 2.75) is 46.6 Å². The summed E-state index contributed by atoms with van der Waals surface area (Å²) in [5.74, 6) is -0.728. The second-order valence-electron chi connectivity index (χ2n) is 3.85. The van der Waals surface area contributed by atoms with E-state index in [0.717, 1.165) is 5.57 Å². The standard InChI is InChI=1S/C12H22O3/c1-5-11(13)10(8-7-9(3)4)12(14)15-6-2/h7,10-11,13H,5-6,8H2,1-4H3/t10-,11-/m1/s1. The summed E-state index contributed by atoms with van der Waals surface area (Å²) < 4.78 is 4.93. The molecule has 0 spiro atoms. The molecule has 0 saturated carbocycles. The Balaban J connectivity index is 4.43. The maximum absolute atomic E-state index is 11.5. The summed E-state index contributed by atoms with van der Waals surface area (Å²) in [5, 5.41) is 9.70. The van der Waals surface area contributed by atoms with Crippen LogP contribution in [0.3, 0.4) is 0 Å². The van der Waals surface area contributed by atoms with Gasteiger partial charge in [0.05, 0.1) is 18.6 Å². The molecular formula is C12H22O3. The van der Waals surface area contributed by atoms with Gasteiger partial charge in [-0.1, -0.05) is 18.6 Å². The molecule has 88 valence electrons. The van der Waals surface area contributed by atoms with E-state index in [-0.39, 0.29) is 5.97 Å². The van der Waals surface area contributed by atoms with Gasteiger partial charge in [-0.2, -0.15) is 0 Å². The molecule has 3 heteroatoms.